The maximum Gasteiger partial charge on any atom is 0.162 e. The second-order valence-corrected chi connectivity index (χ2v) is 4.96. The molecule has 0 fully saturated rings. The zero-order valence-corrected chi connectivity index (χ0v) is 11.7. The van der Waals surface area contributed by atoms with Crippen molar-refractivity contribution in [2.45, 2.75) is 11.8 Å². The van der Waals surface area contributed by atoms with Crippen LogP contribution in [-0.4, -0.2) is 12.0 Å². The molecule has 0 bridgehead atoms. The molecule has 0 saturated heterocycles. The number of ketones is 1. The number of carbonyl (C=O) groups excluding carboxylic acids is 1. The molecule has 98 valence electrons. The summed E-state index contributed by atoms with van der Waals surface area (Å²) in [6.45, 7) is 1.49. The van der Waals surface area contributed by atoms with Gasteiger partial charge in [-0.25, -0.2) is 0 Å². The molecule has 0 aliphatic heterocycles. The van der Waals surface area contributed by atoms with Crippen LogP contribution in [0.3, 0.4) is 0 Å². The average molecular weight is 273 g/mol. The number of benzene rings is 2. The zero-order valence-electron chi connectivity index (χ0n) is 10.8. The van der Waals surface area contributed by atoms with E-state index in [9.17, 15) is 4.79 Å². The minimum absolute atomic E-state index is 0.0688. The Morgan fingerprint density at radius 2 is 1.74 bits per heavy atom. The first-order valence-electron chi connectivity index (χ1n) is 5.82. The first-order valence-corrected chi connectivity index (χ1v) is 7.05. The van der Waals surface area contributed by atoms with Crippen LogP contribution in [-0.2, 0) is 0 Å². The van der Waals surface area contributed by atoms with E-state index in [0.29, 0.717) is 17.0 Å². The van der Waals surface area contributed by atoms with E-state index >= 15 is 0 Å². The Labute approximate surface area is 116 Å². The van der Waals surface area contributed by atoms with Gasteiger partial charge in [0.1, 0.15) is 11.5 Å². The number of ether oxygens (including phenoxy) is 1. The van der Waals surface area contributed by atoms with Gasteiger partial charge < -0.3 is 10.5 Å². The molecule has 4 heteroatoms. The SMILES string of the molecule is CSc1ccc(Oc2ccc(N)c(C(C)=O)c2)cc1. The van der Waals surface area contributed by atoms with E-state index in [-0.39, 0.29) is 5.78 Å². The van der Waals surface area contributed by atoms with Crippen LogP contribution in [0.25, 0.3) is 0 Å². The molecule has 0 aliphatic rings. The zero-order chi connectivity index (χ0) is 13.8. The molecule has 2 aromatic carbocycles. The second-order valence-electron chi connectivity index (χ2n) is 4.08. The number of anilines is 1. The molecule has 2 N–H and O–H groups in total. The molecular weight excluding hydrogens is 258 g/mol. The molecule has 0 heterocycles. The normalized spacial score (nSPS) is 10.2. The fourth-order valence-corrected chi connectivity index (χ4v) is 2.09. The molecule has 0 unspecified atom stereocenters. The van der Waals surface area contributed by atoms with E-state index in [1.165, 1.54) is 11.8 Å². The molecule has 0 aliphatic carbocycles. The molecule has 3 nitrogen and oxygen atoms in total. The molecule has 0 saturated carbocycles. The molecule has 0 amide bonds. The highest BCUT2D eigenvalue weighted by atomic mass is 32.2. The third-order valence-electron chi connectivity index (χ3n) is 2.70. The lowest BCUT2D eigenvalue weighted by Crippen LogP contribution is -1.99. The fourth-order valence-electron chi connectivity index (χ4n) is 1.68. The molecule has 0 radical (unpaired) electrons. The van der Waals surface area contributed by atoms with Gasteiger partial charge in [-0.3, -0.25) is 4.79 Å². The molecule has 0 spiro atoms. The average Bonchev–Trinajstić information content (AvgIpc) is 2.41. The number of thioether (sulfide) groups is 1. The Morgan fingerprint density at radius 3 is 2.32 bits per heavy atom. The molecule has 2 aromatic rings. The number of carbonyl (C=O) groups is 1. The molecular formula is C15H15NO2S. The number of hydrogen-bond donors (Lipinski definition) is 1. The van der Waals surface area contributed by atoms with Gasteiger partial charge in [-0.15, -0.1) is 11.8 Å². The summed E-state index contributed by atoms with van der Waals surface area (Å²) in [5.41, 5.74) is 6.70. The van der Waals surface area contributed by atoms with Crippen LogP contribution in [0.4, 0.5) is 5.69 Å². The van der Waals surface area contributed by atoms with E-state index in [4.69, 9.17) is 10.5 Å². The summed E-state index contributed by atoms with van der Waals surface area (Å²) < 4.78 is 5.71. The first kappa shape index (κ1) is 13.5. The van der Waals surface area contributed by atoms with Gasteiger partial charge in [-0.05, 0) is 55.6 Å². The number of nitrogens with two attached hydrogens (primary N) is 1. The highest BCUT2D eigenvalue weighted by Crippen LogP contribution is 2.27. The van der Waals surface area contributed by atoms with Crippen molar-refractivity contribution in [2.75, 3.05) is 12.0 Å². The van der Waals surface area contributed by atoms with Crippen molar-refractivity contribution < 1.29 is 9.53 Å². The van der Waals surface area contributed by atoms with E-state index < -0.39 is 0 Å². The lowest BCUT2D eigenvalue weighted by molar-refractivity contribution is 0.101. The number of hydrogen-bond acceptors (Lipinski definition) is 4. The van der Waals surface area contributed by atoms with E-state index in [1.54, 1.807) is 30.0 Å². The van der Waals surface area contributed by atoms with Crippen molar-refractivity contribution in [2.24, 2.45) is 0 Å². The van der Waals surface area contributed by atoms with Crippen molar-refractivity contribution in [1.82, 2.24) is 0 Å². The summed E-state index contributed by atoms with van der Waals surface area (Å²) in [6, 6.07) is 12.9. The molecule has 2 rings (SSSR count). The monoisotopic (exact) mass is 273 g/mol. The van der Waals surface area contributed by atoms with Crippen LogP contribution in [0.2, 0.25) is 0 Å². The van der Waals surface area contributed by atoms with Crippen LogP contribution < -0.4 is 10.5 Å². The Balaban J connectivity index is 2.22. The number of nitrogen functional groups attached to an aromatic ring is 1. The lowest BCUT2D eigenvalue weighted by atomic mass is 10.1. The molecule has 0 atom stereocenters. The van der Waals surface area contributed by atoms with Gasteiger partial charge >= 0.3 is 0 Å². The highest BCUT2D eigenvalue weighted by Gasteiger charge is 2.07. The van der Waals surface area contributed by atoms with Crippen LogP contribution >= 0.6 is 11.8 Å². The Kier molecular flexibility index (Phi) is 4.12. The van der Waals surface area contributed by atoms with E-state index in [0.717, 1.165) is 5.75 Å². The van der Waals surface area contributed by atoms with Crippen LogP contribution in [0.15, 0.2) is 47.4 Å². The summed E-state index contributed by atoms with van der Waals surface area (Å²) in [7, 11) is 0. The Morgan fingerprint density at radius 1 is 1.11 bits per heavy atom. The van der Waals surface area contributed by atoms with Crippen molar-refractivity contribution in [1.29, 1.82) is 0 Å². The summed E-state index contributed by atoms with van der Waals surface area (Å²) in [5, 5.41) is 0. The smallest absolute Gasteiger partial charge is 0.162 e. The van der Waals surface area contributed by atoms with Crippen molar-refractivity contribution >= 4 is 23.2 Å². The molecule has 19 heavy (non-hydrogen) atoms. The summed E-state index contributed by atoms with van der Waals surface area (Å²) in [4.78, 5) is 12.6. The third-order valence-corrected chi connectivity index (χ3v) is 3.44. The van der Waals surface area contributed by atoms with Crippen molar-refractivity contribution in [3.8, 4) is 11.5 Å². The Bertz CT molecular complexity index is 594. The van der Waals surface area contributed by atoms with E-state index in [2.05, 4.69) is 0 Å². The summed E-state index contributed by atoms with van der Waals surface area (Å²) >= 11 is 1.68. The predicted molar refractivity (Wildman–Crippen MR) is 79.2 cm³/mol. The quantitative estimate of drug-likeness (QED) is 0.520. The topological polar surface area (TPSA) is 52.3 Å². The summed E-state index contributed by atoms with van der Waals surface area (Å²) in [6.07, 6.45) is 2.02. The number of Topliss-reactive ketones (excluding diaryl/α,β-unsaturated/α-hetero) is 1. The van der Waals surface area contributed by atoms with E-state index in [1.807, 2.05) is 30.5 Å². The van der Waals surface area contributed by atoms with Gasteiger partial charge in [-0.1, -0.05) is 0 Å². The maximum absolute atomic E-state index is 11.4. The van der Waals surface area contributed by atoms with Crippen LogP contribution in [0.1, 0.15) is 17.3 Å². The molecule has 0 aromatic heterocycles. The third kappa shape index (κ3) is 3.29. The van der Waals surface area contributed by atoms with Gasteiger partial charge in [0.05, 0.1) is 0 Å². The number of rotatable bonds is 4. The predicted octanol–water partition coefficient (Wildman–Crippen LogP) is 3.99. The van der Waals surface area contributed by atoms with Gasteiger partial charge in [0.25, 0.3) is 0 Å². The van der Waals surface area contributed by atoms with Gasteiger partial charge in [0, 0.05) is 16.1 Å². The minimum Gasteiger partial charge on any atom is -0.457 e. The van der Waals surface area contributed by atoms with Crippen molar-refractivity contribution in [3.05, 3.63) is 48.0 Å². The van der Waals surface area contributed by atoms with Crippen LogP contribution in [0, 0.1) is 0 Å². The first-order chi connectivity index (χ1) is 9.10. The Hall–Kier alpha value is -1.94. The maximum atomic E-state index is 11.4. The van der Waals surface area contributed by atoms with Crippen LogP contribution in [0.5, 0.6) is 11.5 Å². The summed E-state index contributed by atoms with van der Waals surface area (Å²) in [5.74, 6) is 1.27. The van der Waals surface area contributed by atoms with Crippen molar-refractivity contribution in [3.63, 3.8) is 0 Å². The van der Waals surface area contributed by atoms with Gasteiger partial charge in [-0.2, -0.15) is 0 Å². The largest absolute Gasteiger partial charge is 0.457 e. The van der Waals surface area contributed by atoms with Gasteiger partial charge in [0.15, 0.2) is 5.78 Å². The highest BCUT2D eigenvalue weighted by molar-refractivity contribution is 7.98. The minimum atomic E-state index is -0.0688. The lowest BCUT2D eigenvalue weighted by Gasteiger charge is -2.08. The standard InChI is InChI=1S/C15H15NO2S/c1-10(17)14-9-12(5-8-15(14)16)18-11-3-6-13(19-2)7-4-11/h3-9H,16H2,1-2H3. The van der Waals surface area contributed by atoms with Gasteiger partial charge in [0.2, 0.25) is 0 Å². The fraction of sp³-hybridized carbons (Fsp3) is 0.133. The second kappa shape index (κ2) is 5.80.